The first-order valence-electron chi connectivity index (χ1n) is 13.5. The molecule has 0 aliphatic carbocycles. The van der Waals surface area contributed by atoms with E-state index in [0.717, 1.165) is 25.5 Å². The predicted octanol–water partition coefficient (Wildman–Crippen LogP) is -5.73. The van der Waals surface area contributed by atoms with Crippen LogP contribution in [0.5, 0.6) is 0 Å². The summed E-state index contributed by atoms with van der Waals surface area (Å²) in [6.07, 6.45) is -3.88. The van der Waals surface area contributed by atoms with Gasteiger partial charge in [0.25, 0.3) is 0 Å². The Morgan fingerprint density at radius 3 is 2.49 bits per heavy atom. The number of nitrogens with zero attached hydrogens (tertiary/aromatic N) is 1. The van der Waals surface area contributed by atoms with Gasteiger partial charge in [-0.3, -0.25) is 4.99 Å². The molecule has 1 fully saturated rings. The molecule has 3 aliphatic rings. The van der Waals surface area contributed by atoms with E-state index in [-0.39, 0.29) is 42.5 Å². The fourth-order valence-electron chi connectivity index (χ4n) is 4.99. The average Bonchev–Trinajstić information content (AvgIpc) is 3.01. The van der Waals surface area contributed by atoms with Gasteiger partial charge in [-0.2, -0.15) is 0 Å². The number of carboxylic acids is 1. The summed E-state index contributed by atoms with van der Waals surface area (Å²) in [5.41, 5.74) is 3.05. The van der Waals surface area contributed by atoms with Crippen LogP contribution in [0.25, 0.3) is 0 Å². The van der Waals surface area contributed by atoms with Crippen molar-refractivity contribution in [3.8, 4) is 0 Å². The highest BCUT2D eigenvalue weighted by Gasteiger charge is 2.57. The number of aliphatic hydroxyl groups excluding tert-OH is 4. The second-order valence-corrected chi connectivity index (χ2v) is 10.3. The number of quaternary nitrogens is 1. The number of carbonyl (C=O) groups excluding carboxylic acids is 1. The normalized spacial score (nSPS) is 33.6. The van der Waals surface area contributed by atoms with Gasteiger partial charge in [0.05, 0.1) is 31.9 Å². The van der Waals surface area contributed by atoms with Gasteiger partial charge in [-0.05, 0) is 6.08 Å². The summed E-state index contributed by atoms with van der Waals surface area (Å²) in [7, 11) is 2.42. The number of esters is 1. The van der Waals surface area contributed by atoms with Crippen LogP contribution >= 0.6 is 0 Å². The van der Waals surface area contributed by atoms with Crippen LogP contribution in [0, 0.1) is 5.92 Å². The van der Waals surface area contributed by atoms with Gasteiger partial charge in [-0.25, -0.2) is 9.59 Å². The van der Waals surface area contributed by atoms with Crippen molar-refractivity contribution in [1.82, 2.24) is 5.32 Å². The summed E-state index contributed by atoms with van der Waals surface area (Å²) < 4.78 is 21.2. The van der Waals surface area contributed by atoms with Crippen molar-refractivity contribution in [3.05, 3.63) is 59.7 Å². The van der Waals surface area contributed by atoms with Crippen molar-refractivity contribution in [2.45, 2.75) is 42.3 Å². The Balaban J connectivity index is 2.10. The second kappa shape index (κ2) is 14.6. The Kier molecular flexibility index (Phi) is 11.6. The fourth-order valence-corrected chi connectivity index (χ4v) is 4.99. The molecule has 0 spiro atoms. The molecular weight excluding hydrogens is 604 g/mol. The minimum atomic E-state index is -3.18. The van der Waals surface area contributed by atoms with Crippen LogP contribution < -0.4 is 16.0 Å². The van der Waals surface area contributed by atoms with Gasteiger partial charge in [0.1, 0.15) is 54.5 Å². The molecule has 0 aromatic heterocycles. The highest BCUT2D eigenvalue weighted by atomic mass is 16.8. The maximum atomic E-state index is 12.8. The summed E-state index contributed by atoms with van der Waals surface area (Å²) in [5.74, 6) is -7.11. The van der Waals surface area contributed by atoms with Gasteiger partial charge in [0.15, 0.2) is 18.4 Å². The Morgan fingerprint density at radius 1 is 1.24 bits per heavy atom. The molecule has 3 aliphatic heterocycles. The predicted molar refractivity (Wildman–Crippen MR) is 150 cm³/mol. The van der Waals surface area contributed by atoms with Crippen molar-refractivity contribution in [2.75, 3.05) is 40.5 Å². The SMILES string of the molecule is C=CC1C(OC2OC(CO)C(O)C(O)(O)C2O)OC=C(C(=O)OC)C1(O)C=CC1=C(NC(N)=NC)C(C(=O)O)=C[NH+](CCO)C1. The zero-order chi connectivity index (χ0) is 33.7. The van der Waals surface area contributed by atoms with Crippen molar-refractivity contribution >= 4 is 17.9 Å². The molecule has 0 amide bonds. The number of aliphatic hydroxyl groups is 7. The smallest absolute Gasteiger partial charge is 0.343 e. The lowest BCUT2D eigenvalue weighted by Crippen LogP contribution is -3.09. The van der Waals surface area contributed by atoms with Crippen LogP contribution in [0.15, 0.2) is 64.7 Å². The number of ether oxygens (including phenoxy) is 4. The van der Waals surface area contributed by atoms with E-state index in [1.54, 1.807) is 0 Å². The summed E-state index contributed by atoms with van der Waals surface area (Å²) in [6.45, 7) is 2.70. The number of hydrogen-bond acceptors (Lipinski definition) is 14. The maximum Gasteiger partial charge on any atom is 0.343 e. The zero-order valence-electron chi connectivity index (χ0n) is 24.4. The van der Waals surface area contributed by atoms with Crippen molar-refractivity contribution < 1.29 is 74.3 Å². The van der Waals surface area contributed by atoms with Gasteiger partial charge in [0.2, 0.25) is 12.1 Å². The molecular formula is C27H39N4O14+. The molecule has 8 atom stereocenters. The number of hydrogen-bond donors (Lipinski definition) is 11. The number of nitrogens with two attached hydrogens (primary N) is 1. The first-order valence-corrected chi connectivity index (χ1v) is 13.5. The molecule has 45 heavy (non-hydrogen) atoms. The van der Waals surface area contributed by atoms with Crippen LogP contribution in [0.1, 0.15) is 0 Å². The summed E-state index contributed by atoms with van der Waals surface area (Å²) >= 11 is 0. The minimum Gasteiger partial charge on any atom is -0.477 e. The third kappa shape index (κ3) is 7.25. The molecule has 0 bridgehead atoms. The molecule has 8 unspecified atom stereocenters. The molecule has 18 nitrogen and oxygen atoms in total. The van der Waals surface area contributed by atoms with E-state index in [2.05, 4.69) is 16.9 Å². The number of carbonyl (C=O) groups is 2. The molecule has 0 saturated carbocycles. The lowest BCUT2D eigenvalue weighted by molar-refractivity contribution is -0.843. The zero-order valence-corrected chi connectivity index (χ0v) is 24.4. The maximum absolute atomic E-state index is 12.8. The highest BCUT2D eigenvalue weighted by Crippen LogP contribution is 2.40. The Labute approximate surface area is 256 Å². The summed E-state index contributed by atoms with van der Waals surface area (Å²) in [5, 5.41) is 84.7. The Hall–Kier alpha value is -3.69. The van der Waals surface area contributed by atoms with E-state index in [1.807, 2.05) is 0 Å². The van der Waals surface area contributed by atoms with Crippen LogP contribution in [-0.4, -0.2) is 141 Å². The third-order valence-electron chi connectivity index (χ3n) is 7.50. The molecule has 0 aromatic carbocycles. The number of nitrogens with one attached hydrogen (secondary N) is 2. The molecule has 3 rings (SSSR count). The molecule has 0 radical (unpaired) electrons. The van der Waals surface area contributed by atoms with Gasteiger partial charge in [-0.15, -0.1) is 6.58 Å². The number of rotatable bonds is 11. The largest absolute Gasteiger partial charge is 0.477 e. The van der Waals surface area contributed by atoms with Crippen LogP contribution in [-0.2, 0) is 28.5 Å². The van der Waals surface area contributed by atoms with E-state index in [1.165, 1.54) is 19.3 Å². The van der Waals surface area contributed by atoms with Gasteiger partial charge < -0.3 is 75.8 Å². The molecule has 1 saturated heterocycles. The Bertz CT molecular complexity index is 1290. The summed E-state index contributed by atoms with van der Waals surface area (Å²) in [6, 6.07) is 0. The van der Waals surface area contributed by atoms with E-state index >= 15 is 0 Å². The van der Waals surface area contributed by atoms with Crippen molar-refractivity contribution in [2.24, 2.45) is 16.6 Å². The monoisotopic (exact) mass is 643 g/mol. The van der Waals surface area contributed by atoms with E-state index in [0.29, 0.717) is 4.90 Å². The number of aliphatic carboxylic acids is 1. The summed E-state index contributed by atoms with van der Waals surface area (Å²) in [4.78, 5) is 29.2. The van der Waals surface area contributed by atoms with E-state index in [9.17, 15) is 50.4 Å². The number of guanidine groups is 1. The van der Waals surface area contributed by atoms with E-state index < -0.39 is 72.3 Å². The Morgan fingerprint density at radius 2 is 1.93 bits per heavy atom. The minimum absolute atomic E-state index is 0.0142. The van der Waals surface area contributed by atoms with Gasteiger partial charge >= 0.3 is 11.9 Å². The average molecular weight is 644 g/mol. The van der Waals surface area contributed by atoms with Crippen molar-refractivity contribution in [1.29, 1.82) is 0 Å². The van der Waals surface area contributed by atoms with Crippen molar-refractivity contribution in [3.63, 3.8) is 0 Å². The highest BCUT2D eigenvalue weighted by molar-refractivity contribution is 5.94. The number of aliphatic imine (C=N–C) groups is 1. The number of methoxy groups -OCH3 is 1. The van der Waals surface area contributed by atoms with Crippen LogP contribution in [0.2, 0.25) is 0 Å². The van der Waals surface area contributed by atoms with Gasteiger partial charge in [0, 0.05) is 12.6 Å². The molecule has 3 heterocycles. The first kappa shape index (κ1) is 35.8. The molecule has 12 N–H and O–H groups in total. The number of carboxylic acid groups (broad SMARTS) is 1. The topological polar surface area (TPSA) is 288 Å². The quantitative estimate of drug-likeness (QED) is 0.0329. The lowest BCUT2D eigenvalue weighted by atomic mass is 9.78. The second-order valence-electron chi connectivity index (χ2n) is 10.3. The molecule has 0 aromatic rings. The molecule has 250 valence electrons. The van der Waals surface area contributed by atoms with Crippen LogP contribution in [0.3, 0.4) is 0 Å². The molecule has 18 heteroatoms. The first-order chi connectivity index (χ1) is 21.2. The van der Waals surface area contributed by atoms with Gasteiger partial charge in [-0.1, -0.05) is 12.2 Å². The fraction of sp³-hybridized carbons (Fsp3) is 0.519. The standard InChI is InChI=1S/C27H38N4O14/c1-4-15-23(45-24-20(35)27(40,41)19(34)17(11-33)44-24)43-12-16(22(38)42-3)26(15,39)6-5-13-9-31(7-8-32)10-14(21(36)37)18(13)30-25(28)29-2/h4-6,10,12,15,17,19-20,23-24,32-35,39-41H,1,7-9,11H2,2-3H3,(H,36,37)(H3,28,29,30)/p+1. The lowest BCUT2D eigenvalue weighted by Gasteiger charge is -2.47. The third-order valence-corrected chi connectivity index (χ3v) is 7.50. The van der Waals surface area contributed by atoms with Crippen LogP contribution in [0.4, 0.5) is 0 Å². The van der Waals surface area contributed by atoms with E-state index in [4.69, 9.17) is 24.7 Å².